The van der Waals surface area contributed by atoms with E-state index < -0.39 is 265 Å². The van der Waals surface area contributed by atoms with Crippen molar-refractivity contribution >= 4 is 124 Å². The van der Waals surface area contributed by atoms with E-state index >= 15 is 4.79 Å². The van der Waals surface area contributed by atoms with E-state index in [1.807, 2.05) is 0 Å². The Balaban J connectivity index is 2.06. The van der Waals surface area contributed by atoms with Crippen molar-refractivity contribution < 1.29 is 112 Å². The highest BCUT2D eigenvalue weighted by molar-refractivity contribution is 6.02. The first-order valence-electron chi connectivity index (χ1n) is 46.7. The van der Waals surface area contributed by atoms with Crippen LogP contribution in [0.4, 0.5) is 0 Å². The number of nitrogens with two attached hydrogens (primary N) is 9. The standard InChI is InChI=1S/C91H145N27O23/c1-8-48(5)72(116-79(130)58(22-14-16-40-93)108-88(139)74(50(7)119)118-87(138)73(49(6)9-2)117-80(131)61(35-38-69(97)124)107-76(127)57(21-13-15-39-92)105-75(126)56(94)33-36-67(95)122)86(137)109-60(34-37-68(96)123)77(128)113-66(46-70(98)125)84(135)112-63(43-51-19-11-10-12-20-51)81(132)106-59(23-17-41-103-90(99)100)78(129)115-71(47(3)4)85(136)114-65(45-53-27-31-55(121)32-28-53)83(134)111-64(44-52-25-29-54(120)30-26-52)82(133)110-62(89(140)141)24-18-42-104-91(101)102/h10-12,19-20,25-32,47-50,56-66,71-74,119-121H,8-9,13-18,21-24,33-46,92-94H2,1-7H3,(H2,95,122)(H2,96,123)(H2,97,124)(H2,98,125)(H,105,126)(H,106,132)(H,107,127)(H,108,139)(H,109,137)(H,110,133)(H,111,134)(H,112,135)(H,113,128)(H,114,136)(H,115,129)(H,116,130)(H,117,131)(H,118,138)(H,140,141)(H4,99,100,103)(H4,101,102,104)/t48-,49-,50+,56-,57-,58-,59-,60-,61-,62-,63-,64-,65-,66-,71-,72-,73-,74-/m0/s1. The van der Waals surface area contributed by atoms with Crippen molar-refractivity contribution in [2.75, 3.05) is 26.2 Å². The normalized spacial score (nSPS) is 14.9. The molecule has 0 unspecified atom stereocenters. The Hall–Kier alpha value is -14.4. The molecule has 0 aliphatic rings. The summed E-state index contributed by atoms with van der Waals surface area (Å²) in [7, 11) is 0. The van der Waals surface area contributed by atoms with E-state index in [9.17, 15) is 107 Å². The van der Waals surface area contributed by atoms with Gasteiger partial charge in [-0.15, -0.1) is 0 Å². The Kier molecular flexibility index (Phi) is 54.1. The number of primary amides is 4. The number of unbranched alkanes of at least 4 members (excludes halogenated alkanes) is 2. The minimum absolute atomic E-state index is 0.0171. The first-order chi connectivity index (χ1) is 66.5. The molecule has 50 heteroatoms. The molecule has 18 atom stereocenters. The number of carboxylic acids is 1. The Bertz CT molecular complexity index is 4690. The summed E-state index contributed by atoms with van der Waals surface area (Å²) >= 11 is 0. The summed E-state index contributed by atoms with van der Waals surface area (Å²) < 4.78 is 0. The van der Waals surface area contributed by atoms with Crippen LogP contribution < -0.4 is 137 Å². The van der Waals surface area contributed by atoms with Gasteiger partial charge in [-0.25, -0.2) is 4.79 Å². The van der Waals surface area contributed by atoms with Gasteiger partial charge in [0.2, 0.25) is 106 Å². The molecular weight excluding hydrogens is 1840 g/mol. The Morgan fingerprint density at radius 1 is 0.319 bits per heavy atom. The van der Waals surface area contributed by atoms with E-state index in [0.717, 1.165) is 6.92 Å². The van der Waals surface area contributed by atoms with Crippen LogP contribution in [-0.2, 0) is 110 Å². The topological polar surface area (TPSA) is 880 Å². The second kappa shape index (κ2) is 63.2. The van der Waals surface area contributed by atoms with Crippen LogP contribution in [0.1, 0.15) is 187 Å². The fourth-order valence-corrected chi connectivity index (χ4v) is 14.3. The lowest BCUT2D eigenvalue weighted by Crippen LogP contribution is -2.63. The maximum atomic E-state index is 15.1. The molecule has 0 radical (unpaired) electrons. The van der Waals surface area contributed by atoms with Crippen molar-refractivity contribution in [3.63, 3.8) is 0 Å². The maximum absolute atomic E-state index is 15.1. The van der Waals surface area contributed by atoms with Gasteiger partial charge in [0.15, 0.2) is 11.9 Å². The number of carbonyl (C=O) groups is 19. The molecule has 0 aliphatic heterocycles. The number of benzene rings is 3. The molecule has 0 saturated carbocycles. The van der Waals surface area contributed by atoms with Gasteiger partial charge in [-0.3, -0.25) is 97.1 Å². The average molecular weight is 1990 g/mol. The second-order valence-corrected chi connectivity index (χ2v) is 34.9. The molecule has 0 aromatic heterocycles. The van der Waals surface area contributed by atoms with Gasteiger partial charge in [0.1, 0.15) is 96.1 Å². The number of aliphatic hydroxyl groups is 1. The van der Waals surface area contributed by atoms with Crippen LogP contribution in [0.3, 0.4) is 0 Å². The Morgan fingerprint density at radius 2 is 0.603 bits per heavy atom. The van der Waals surface area contributed by atoms with Gasteiger partial charge in [0.25, 0.3) is 0 Å². The second-order valence-electron chi connectivity index (χ2n) is 34.9. The monoisotopic (exact) mass is 1980 g/mol. The number of phenols is 2. The van der Waals surface area contributed by atoms with E-state index in [1.54, 1.807) is 51.1 Å². The lowest BCUT2D eigenvalue weighted by atomic mass is 9.96. The van der Waals surface area contributed by atoms with E-state index in [0.29, 0.717) is 29.5 Å². The summed E-state index contributed by atoms with van der Waals surface area (Å²) in [6.07, 6.45) is -5.53. The first-order valence-corrected chi connectivity index (χ1v) is 46.7. The predicted octanol–water partition coefficient (Wildman–Crippen LogP) is -7.09. The minimum atomic E-state index is -2.03. The van der Waals surface area contributed by atoms with Crippen LogP contribution in [0.5, 0.6) is 11.5 Å². The van der Waals surface area contributed by atoms with Crippen molar-refractivity contribution in [1.29, 1.82) is 10.8 Å². The van der Waals surface area contributed by atoms with Crippen LogP contribution in [0.2, 0.25) is 0 Å². The molecule has 50 nitrogen and oxygen atoms in total. The number of rotatable bonds is 68. The molecule has 0 aliphatic carbocycles. The lowest BCUT2D eigenvalue weighted by molar-refractivity contribution is -0.142. The number of carbonyl (C=O) groups excluding carboxylic acids is 18. The molecule has 0 fully saturated rings. The molecule has 0 saturated heterocycles. The molecule has 0 bridgehead atoms. The van der Waals surface area contributed by atoms with Gasteiger partial charge in [-0.1, -0.05) is 109 Å². The number of nitrogens with one attached hydrogen (secondary N) is 18. The Labute approximate surface area is 817 Å². The summed E-state index contributed by atoms with van der Waals surface area (Å²) in [5.41, 5.74) is 51.6. The smallest absolute Gasteiger partial charge is 0.326 e. The van der Waals surface area contributed by atoms with Gasteiger partial charge in [-0.2, -0.15) is 0 Å². The Morgan fingerprint density at radius 3 is 0.965 bits per heavy atom. The zero-order valence-corrected chi connectivity index (χ0v) is 80.6. The lowest BCUT2D eigenvalue weighted by Gasteiger charge is -2.31. The fraction of sp³-hybridized carbons (Fsp3) is 0.571. The summed E-state index contributed by atoms with van der Waals surface area (Å²) in [5.74, 6) is -23.8. The van der Waals surface area contributed by atoms with Gasteiger partial charge in [0, 0.05) is 51.6 Å². The van der Waals surface area contributed by atoms with E-state index in [1.165, 1.54) is 69.3 Å². The van der Waals surface area contributed by atoms with Gasteiger partial charge < -0.3 is 157 Å². The number of guanidine groups is 2. The number of hydrogen-bond acceptors (Lipinski definition) is 27. The van der Waals surface area contributed by atoms with Gasteiger partial charge >= 0.3 is 5.97 Å². The number of amides is 18. The van der Waals surface area contributed by atoms with Gasteiger partial charge in [-0.05, 0) is 162 Å². The van der Waals surface area contributed by atoms with E-state index in [4.69, 9.17) is 62.4 Å². The van der Waals surface area contributed by atoms with Gasteiger partial charge in [0.05, 0.1) is 18.6 Å². The van der Waals surface area contributed by atoms with Crippen molar-refractivity contribution in [2.24, 2.45) is 69.4 Å². The molecular formula is C91H145N27O23. The molecule has 0 heterocycles. The quantitative estimate of drug-likeness (QED) is 0.0142. The largest absolute Gasteiger partial charge is 0.508 e. The molecule has 782 valence electrons. The highest BCUT2D eigenvalue weighted by Gasteiger charge is 2.42. The number of aliphatic hydroxyl groups excluding tert-OH is 1. The van der Waals surface area contributed by atoms with Crippen LogP contribution >= 0.6 is 0 Å². The number of carboxylic acid groups (broad SMARTS) is 1. The van der Waals surface area contributed by atoms with E-state index in [-0.39, 0.29) is 140 Å². The maximum Gasteiger partial charge on any atom is 0.326 e. The molecule has 3 aromatic rings. The molecule has 0 spiro atoms. The molecule has 40 N–H and O–H groups in total. The zero-order valence-electron chi connectivity index (χ0n) is 80.6. The minimum Gasteiger partial charge on any atom is -0.508 e. The summed E-state index contributed by atoms with van der Waals surface area (Å²) in [4.78, 5) is 266. The SMILES string of the molecule is CC[C@H](C)[C@H](NC(=O)[C@H](CCCCN)NC(=O)[C@@H](NC(=O)[C@@H](NC(=O)[C@H](CCC(N)=O)NC(=O)[C@H](CCCCN)NC(=O)[C@@H](N)CCC(N)=O)[C@@H](C)CC)[C@@H](C)O)C(=O)N[C@@H](CCC(N)=O)C(=O)N[C@@H](CC(N)=O)C(=O)N[C@@H](Cc1ccccc1)C(=O)N[C@@H](CCCNC(=N)N)C(=O)N[C@H](C(=O)N[C@@H](Cc1ccc(O)cc1)C(=O)N[C@@H](Cc1ccc(O)cc1)C(=O)N[C@@H](CCCNC(=N)N)C(=O)O)C(C)C. The third-order valence-electron chi connectivity index (χ3n) is 22.9. The predicted molar refractivity (Wildman–Crippen MR) is 515 cm³/mol. The van der Waals surface area contributed by atoms with Crippen LogP contribution in [0, 0.1) is 28.6 Å². The van der Waals surface area contributed by atoms with Crippen LogP contribution in [-0.4, -0.2) is 268 Å². The van der Waals surface area contributed by atoms with Crippen LogP contribution in [0.15, 0.2) is 78.9 Å². The first kappa shape index (κ1) is 121. The number of phenolic OH excluding ortho intramolecular Hbond substituents is 2. The molecule has 3 aromatic carbocycles. The highest BCUT2D eigenvalue weighted by Crippen LogP contribution is 2.20. The van der Waals surface area contributed by atoms with E-state index in [2.05, 4.69) is 85.1 Å². The van der Waals surface area contributed by atoms with Crippen molar-refractivity contribution in [2.45, 2.75) is 286 Å². The zero-order chi connectivity index (χ0) is 106. The molecule has 3 rings (SSSR count). The average Bonchev–Trinajstić information content (AvgIpc) is 0.843. The highest BCUT2D eigenvalue weighted by atomic mass is 16.4. The number of aromatic hydroxyl groups is 2. The van der Waals surface area contributed by atoms with Crippen molar-refractivity contribution in [3.05, 3.63) is 95.6 Å². The van der Waals surface area contributed by atoms with Crippen molar-refractivity contribution in [3.8, 4) is 11.5 Å². The van der Waals surface area contributed by atoms with Crippen molar-refractivity contribution in [1.82, 2.24) is 85.1 Å². The third kappa shape index (κ3) is 45.8. The summed E-state index contributed by atoms with van der Waals surface area (Å²) in [6, 6.07) is -5.61. The molecule has 141 heavy (non-hydrogen) atoms. The molecule has 18 amide bonds. The van der Waals surface area contributed by atoms with Crippen LogP contribution in [0.25, 0.3) is 0 Å². The number of hydrogen-bond donors (Lipinski definition) is 31. The summed E-state index contributed by atoms with van der Waals surface area (Å²) in [5, 5.41) is 97.5. The fourth-order valence-electron chi connectivity index (χ4n) is 14.3. The summed E-state index contributed by atoms with van der Waals surface area (Å²) in [6.45, 7) is 10.8. The number of aliphatic carboxylic acids is 1. The third-order valence-corrected chi connectivity index (χ3v) is 22.9.